The highest BCUT2D eigenvalue weighted by Crippen LogP contribution is 2.22. The standard InChI is InChI=1S/C21H30O6/c1-5-14(2)8-6-9-15(3)10-7-11-16(4)13-26-21-20(25)19(24)18(23)17(12-22)27-21/h5-11,17-25H,1-2,12-13H2,3-4H3/t17-,18-,19+,20-,21?/m1/s1. The minimum atomic E-state index is -1.44. The maximum absolute atomic E-state index is 9.92. The van der Waals surface area contributed by atoms with Crippen molar-refractivity contribution in [1.29, 1.82) is 0 Å². The second-order valence-electron chi connectivity index (χ2n) is 6.43. The van der Waals surface area contributed by atoms with Crippen LogP contribution in [0.25, 0.3) is 0 Å². The van der Waals surface area contributed by atoms with Crippen LogP contribution in [0.5, 0.6) is 0 Å². The molecule has 0 aromatic heterocycles. The summed E-state index contributed by atoms with van der Waals surface area (Å²) in [6, 6.07) is 0. The highest BCUT2D eigenvalue weighted by Gasteiger charge is 2.43. The first kappa shape index (κ1) is 23.2. The van der Waals surface area contributed by atoms with Gasteiger partial charge in [0.05, 0.1) is 13.2 Å². The topological polar surface area (TPSA) is 99.4 Å². The molecule has 27 heavy (non-hydrogen) atoms. The summed E-state index contributed by atoms with van der Waals surface area (Å²) in [6.45, 7) is 10.9. The Bertz CT molecular complexity index is 614. The molecule has 1 saturated heterocycles. The van der Waals surface area contributed by atoms with Crippen LogP contribution in [0.4, 0.5) is 0 Å². The molecule has 1 aliphatic heterocycles. The van der Waals surface area contributed by atoms with E-state index in [1.54, 1.807) is 6.08 Å². The Morgan fingerprint density at radius 3 is 2.33 bits per heavy atom. The van der Waals surface area contributed by atoms with Crippen LogP contribution < -0.4 is 0 Å². The zero-order valence-electron chi connectivity index (χ0n) is 15.9. The first-order valence-electron chi connectivity index (χ1n) is 8.72. The Kier molecular flexibility index (Phi) is 10.2. The SMILES string of the molecule is C=CC(=C)C=CC=C(C)C=CC=C(C)COC1O[C@H](CO)[C@@H](O)[C@H](O)[C@H]1O. The molecule has 150 valence electrons. The molecule has 1 heterocycles. The maximum Gasteiger partial charge on any atom is 0.187 e. The predicted octanol–water partition coefficient (Wildman–Crippen LogP) is 1.55. The summed E-state index contributed by atoms with van der Waals surface area (Å²) < 4.78 is 10.8. The van der Waals surface area contributed by atoms with E-state index in [2.05, 4.69) is 13.2 Å². The van der Waals surface area contributed by atoms with Gasteiger partial charge in [0.2, 0.25) is 0 Å². The molecule has 0 aromatic rings. The number of aliphatic hydroxyl groups is 4. The molecule has 0 radical (unpaired) electrons. The second-order valence-corrected chi connectivity index (χ2v) is 6.43. The van der Waals surface area contributed by atoms with Crippen LogP contribution in [-0.2, 0) is 9.47 Å². The number of hydrogen-bond acceptors (Lipinski definition) is 6. The van der Waals surface area contributed by atoms with Gasteiger partial charge in [-0.3, -0.25) is 0 Å². The summed E-state index contributed by atoms with van der Waals surface area (Å²) in [4.78, 5) is 0. The van der Waals surface area contributed by atoms with E-state index in [1.165, 1.54) is 0 Å². The van der Waals surface area contributed by atoms with Crippen molar-refractivity contribution in [3.8, 4) is 0 Å². The molecule has 0 aliphatic carbocycles. The smallest absolute Gasteiger partial charge is 0.187 e. The number of allylic oxidation sites excluding steroid dienone is 9. The minimum absolute atomic E-state index is 0.162. The van der Waals surface area contributed by atoms with E-state index < -0.39 is 37.3 Å². The summed E-state index contributed by atoms with van der Waals surface area (Å²) in [5, 5.41) is 38.6. The van der Waals surface area contributed by atoms with Gasteiger partial charge in [-0.25, -0.2) is 0 Å². The fourth-order valence-electron chi connectivity index (χ4n) is 2.28. The van der Waals surface area contributed by atoms with Gasteiger partial charge in [-0.2, -0.15) is 0 Å². The molecule has 0 spiro atoms. The molecule has 6 heteroatoms. The third kappa shape index (κ3) is 7.76. The van der Waals surface area contributed by atoms with E-state index in [-0.39, 0.29) is 6.61 Å². The normalized spacial score (nSPS) is 30.2. The van der Waals surface area contributed by atoms with E-state index in [0.29, 0.717) is 0 Å². The van der Waals surface area contributed by atoms with Gasteiger partial charge in [0.15, 0.2) is 6.29 Å². The highest BCUT2D eigenvalue weighted by molar-refractivity contribution is 5.31. The Labute approximate surface area is 160 Å². The number of rotatable bonds is 9. The molecule has 0 saturated carbocycles. The first-order chi connectivity index (χ1) is 12.8. The van der Waals surface area contributed by atoms with Crippen molar-refractivity contribution in [3.05, 3.63) is 72.4 Å². The van der Waals surface area contributed by atoms with E-state index in [0.717, 1.165) is 16.7 Å². The fraction of sp³-hybridized carbons (Fsp3) is 0.429. The van der Waals surface area contributed by atoms with Crippen LogP contribution in [0.1, 0.15) is 13.8 Å². The van der Waals surface area contributed by atoms with E-state index in [9.17, 15) is 15.3 Å². The van der Waals surface area contributed by atoms with Crippen LogP contribution >= 0.6 is 0 Å². The van der Waals surface area contributed by atoms with Crippen molar-refractivity contribution < 1.29 is 29.9 Å². The number of aliphatic hydroxyl groups excluding tert-OH is 4. The van der Waals surface area contributed by atoms with Crippen LogP contribution in [0.2, 0.25) is 0 Å². The third-order valence-electron chi connectivity index (χ3n) is 4.00. The van der Waals surface area contributed by atoms with E-state index in [4.69, 9.17) is 14.6 Å². The Balaban J connectivity index is 2.54. The molecule has 6 nitrogen and oxygen atoms in total. The summed E-state index contributed by atoms with van der Waals surface area (Å²) in [5.41, 5.74) is 2.75. The van der Waals surface area contributed by atoms with Gasteiger partial charge in [-0.1, -0.05) is 61.3 Å². The second kappa shape index (κ2) is 11.8. The minimum Gasteiger partial charge on any atom is -0.394 e. The lowest BCUT2D eigenvalue weighted by atomic mass is 9.99. The molecule has 1 fully saturated rings. The molecule has 0 amide bonds. The van der Waals surface area contributed by atoms with Crippen molar-refractivity contribution in [2.24, 2.45) is 0 Å². The van der Waals surface area contributed by atoms with Crippen molar-refractivity contribution in [2.45, 2.75) is 44.6 Å². The van der Waals surface area contributed by atoms with Gasteiger partial charge < -0.3 is 29.9 Å². The molecular formula is C21H30O6. The van der Waals surface area contributed by atoms with Gasteiger partial charge in [0.25, 0.3) is 0 Å². The van der Waals surface area contributed by atoms with Crippen molar-refractivity contribution in [2.75, 3.05) is 13.2 Å². The van der Waals surface area contributed by atoms with Gasteiger partial charge in [-0.15, -0.1) is 0 Å². The molecule has 1 unspecified atom stereocenters. The molecule has 4 N–H and O–H groups in total. The molecular weight excluding hydrogens is 348 g/mol. The average molecular weight is 378 g/mol. The summed E-state index contributed by atoms with van der Waals surface area (Å²) >= 11 is 0. The summed E-state index contributed by atoms with van der Waals surface area (Å²) in [7, 11) is 0. The average Bonchev–Trinajstić information content (AvgIpc) is 2.65. The zero-order chi connectivity index (χ0) is 20.4. The van der Waals surface area contributed by atoms with Crippen LogP contribution in [-0.4, -0.2) is 64.3 Å². The lowest BCUT2D eigenvalue weighted by Crippen LogP contribution is -2.59. The van der Waals surface area contributed by atoms with Crippen molar-refractivity contribution in [3.63, 3.8) is 0 Å². The van der Waals surface area contributed by atoms with Crippen LogP contribution in [0, 0.1) is 0 Å². The molecule has 0 bridgehead atoms. The Morgan fingerprint density at radius 1 is 1.04 bits per heavy atom. The summed E-state index contributed by atoms with van der Waals surface area (Å²) in [6.07, 6.45) is 6.69. The Hall–Kier alpha value is -1.80. The molecule has 1 rings (SSSR count). The molecule has 1 aliphatic rings. The first-order valence-corrected chi connectivity index (χ1v) is 8.72. The van der Waals surface area contributed by atoms with Crippen molar-refractivity contribution >= 4 is 0 Å². The van der Waals surface area contributed by atoms with Gasteiger partial charge in [-0.05, 0) is 25.0 Å². The third-order valence-corrected chi connectivity index (χ3v) is 4.00. The quantitative estimate of drug-likeness (QED) is 0.455. The van der Waals surface area contributed by atoms with Gasteiger partial charge in [0.1, 0.15) is 24.4 Å². The highest BCUT2D eigenvalue weighted by atomic mass is 16.7. The van der Waals surface area contributed by atoms with E-state index >= 15 is 0 Å². The largest absolute Gasteiger partial charge is 0.394 e. The predicted molar refractivity (Wildman–Crippen MR) is 105 cm³/mol. The zero-order valence-corrected chi connectivity index (χ0v) is 15.9. The van der Waals surface area contributed by atoms with E-state index in [1.807, 2.05) is 50.3 Å². The number of hydrogen-bond donors (Lipinski definition) is 4. The van der Waals surface area contributed by atoms with Crippen LogP contribution in [0.3, 0.4) is 0 Å². The monoisotopic (exact) mass is 378 g/mol. The van der Waals surface area contributed by atoms with Gasteiger partial charge in [0, 0.05) is 0 Å². The number of ether oxygens (including phenoxy) is 2. The lowest BCUT2D eigenvalue weighted by Gasteiger charge is -2.39. The molecule has 5 atom stereocenters. The maximum atomic E-state index is 9.92. The lowest BCUT2D eigenvalue weighted by molar-refractivity contribution is -0.299. The Morgan fingerprint density at radius 2 is 1.70 bits per heavy atom. The fourth-order valence-corrected chi connectivity index (χ4v) is 2.28. The summed E-state index contributed by atoms with van der Waals surface area (Å²) in [5.74, 6) is 0. The van der Waals surface area contributed by atoms with Crippen molar-refractivity contribution in [1.82, 2.24) is 0 Å². The van der Waals surface area contributed by atoms with Gasteiger partial charge >= 0.3 is 0 Å². The molecule has 0 aromatic carbocycles. The van der Waals surface area contributed by atoms with Crippen LogP contribution in [0.15, 0.2) is 72.4 Å².